The molecule has 0 radical (unpaired) electrons. The Morgan fingerprint density at radius 1 is 0.949 bits per heavy atom. The zero-order valence-corrected chi connectivity index (χ0v) is 24.1. The lowest BCUT2D eigenvalue weighted by Gasteiger charge is -2.32. The van der Waals surface area contributed by atoms with Gasteiger partial charge in [0.1, 0.15) is 18.4 Å². The minimum Gasteiger partial charge on any atom is -0.352 e. The van der Waals surface area contributed by atoms with Gasteiger partial charge in [0.05, 0.1) is 10.6 Å². The van der Waals surface area contributed by atoms with Crippen molar-refractivity contribution in [3.63, 3.8) is 0 Å². The van der Waals surface area contributed by atoms with Gasteiger partial charge < -0.3 is 10.2 Å². The Kier molecular flexibility index (Phi) is 10.4. The zero-order valence-electron chi connectivity index (χ0n) is 21.8. The van der Waals surface area contributed by atoms with Crippen LogP contribution in [0.15, 0.2) is 77.7 Å². The van der Waals surface area contributed by atoms with Crippen molar-refractivity contribution in [2.45, 2.75) is 50.7 Å². The van der Waals surface area contributed by atoms with Crippen LogP contribution in [0.1, 0.15) is 32.8 Å². The average molecular weight is 595 g/mol. The number of carbonyl (C=O) groups is 2. The van der Waals surface area contributed by atoms with E-state index in [-0.39, 0.29) is 33.8 Å². The van der Waals surface area contributed by atoms with E-state index in [0.29, 0.717) is 11.4 Å². The summed E-state index contributed by atoms with van der Waals surface area (Å²) in [5, 5.41) is 3.44. The second kappa shape index (κ2) is 13.3. The second-order valence-corrected chi connectivity index (χ2v) is 11.8. The third kappa shape index (κ3) is 7.71. The number of halogens is 3. The number of hydrogen-bond donors (Lipinski definition) is 1. The molecule has 7 nitrogen and oxygen atoms in total. The lowest BCUT2D eigenvalue weighted by atomic mass is 10.1. The molecule has 0 aliphatic carbocycles. The van der Waals surface area contributed by atoms with E-state index in [9.17, 15) is 22.4 Å². The van der Waals surface area contributed by atoms with Crippen LogP contribution in [0, 0.1) is 5.82 Å². The molecule has 39 heavy (non-hydrogen) atoms. The molecule has 0 bridgehead atoms. The van der Waals surface area contributed by atoms with Crippen molar-refractivity contribution in [2.24, 2.45) is 0 Å². The van der Waals surface area contributed by atoms with Gasteiger partial charge in [-0.1, -0.05) is 54.4 Å². The first-order valence-electron chi connectivity index (χ1n) is 12.3. The number of rotatable bonds is 11. The van der Waals surface area contributed by atoms with Crippen LogP contribution < -0.4 is 9.62 Å². The smallest absolute Gasteiger partial charge is 0.264 e. The van der Waals surface area contributed by atoms with Gasteiger partial charge in [0.2, 0.25) is 11.8 Å². The second-order valence-electron chi connectivity index (χ2n) is 9.05. The van der Waals surface area contributed by atoms with E-state index in [4.69, 9.17) is 23.2 Å². The molecule has 0 saturated carbocycles. The summed E-state index contributed by atoms with van der Waals surface area (Å²) in [6.07, 6.45) is 0.668. The lowest BCUT2D eigenvalue weighted by Crippen LogP contribution is -2.52. The van der Waals surface area contributed by atoms with E-state index in [1.165, 1.54) is 66.4 Å². The topological polar surface area (TPSA) is 86.8 Å². The zero-order chi connectivity index (χ0) is 28.7. The molecule has 0 heterocycles. The number of nitrogens with zero attached hydrogens (tertiary/aromatic N) is 2. The fourth-order valence-electron chi connectivity index (χ4n) is 3.75. The van der Waals surface area contributed by atoms with E-state index in [1.807, 2.05) is 13.8 Å². The van der Waals surface area contributed by atoms with Crippen LogP contribution in [0.2, 0.25) is 10.0 Å². The van der Waals surface area contributed by atoms with Gasteiger partial charge in [-0.05, 0) is 68.8 Å². The van der Waals surface area contributed by atoms with E-state index < -0.39 is 40.2 Å². The Morgan fingerprint density at radius 3 is 2.23 bits per heavy atom. The predicted octanol–water partition coefficient (Wildman–Crippen LogP) is 5.66. The summed E-state index contributed by atoms with van der Waals surface area (Å²) in [6, 6.07) is 16.3. The van der Waals surface area contributed by atoms with E-state index >= 15 is 0 Å². The molecule has 208 valence electrons. The van der Waals surface area contributed by atoms with Crippen molar-refractivity contribution in [1.29, 1.82) is 0 Å². The summed E-state index contributed by atoms with van der Waals surface area (Å²) in [6.45, 7) is 4.34. The van der Waals surface area contributed by atoms with Gasteiger partial charge in [0.25, 0.3) is 10.0 Å². The van der Waals surface area contributed by atoms with Crippen LogP contribution in [-0.4, -0.2) is 43.8 Å². The molecule has 1 N–H and O–H groups in total. The maximum Gasteiger partial charge on any atom is 0.264 e. The fourth-order valence-corrected chi connectivity index (χ4v) is 5.47. The summed E-state index contributed by atoms with van der Waals surface area (Å²) in [4.78, 5) is 27.9. The summed E-state index contributed by atoms with van der Waals surface area (Å²) < 4.78 is 43.0. The van der Waals surface area contributed by atoms with Crippen LogP contribution >= 0.6 is 23.2 Å². The van der Waals surface area contributed by atoms with Crippen molar-refractivity contribution in [3.8, 4) is 0 Å². The lowest BCUT2D eigenvalue weighted by molar-refractivity contribution is -0.139. The molecule has 0 saturated heterocycles. The normalized spacial score (nSPS) is 12.9. The largest absolute Gasteiger partial charge is 0.352 e. The Hall–Kier alpha value is -3.14. The maximum atomic E-state index is 14.6. The average Bonchev–Trinajstić information content (AvgIpc) is 2.90. The molecular weight excluding hydrogens is 564 g/mol. The number of anilines is 1. The van der Waals surface area contributed by atoms with Crippen LogP contribution in [0.5, 0.6) is 0 Å². The number of sulfonamides is 1. The van der Waals surface area contributed by atoms with Gasteiger partial charge >= 0.3 is 0 Å². The van der Waals surface area contributed by atoms with Crippen LogP contribution in [-0.2, 0) is 26.2 Å². The standard InChI is InChI=1S/C28H30Cl2FN3O4S/c1-4-19(2)32-28(36)20(3)33(17-21-8-5-6-11-26(21)31)27(35)18-34(24-10-7-9-23(30)16-24)39(37,38)25-14-12-22(29)13-15-25/h5-16,19-20H,4,17-18H2,1-3H3,(H,32,36). The molecule has 0 aliphatic heterocycles. The van der Waals surface area contributed by atoms with Crippen molar-refractivity contribution < 1.29 is 22.4 Å². The molecular formula is C28H30Cl2FN3O4S. The summed E-state index contributed by atoms with van der Waals surface area (Å²) >= 11 is 12.1. The highest BCUT2D eigenvalue weighted by molar-refractivity contribution is 7.92. The molecule has 2 unspecified atom stereocenters. The van der Waals surface area contributed by atoms with E-state index in [2.05, 4.69) is 5.32 Å². The quantitative estimate of drug-likeness (QED) is 0.311. The molecule has 0 spiro atoms. The molecule has 0 fully saturated rings. The van der Waals surface area contributed by atoms with Gasteiger partial charge in [-0.15, -0.1) is 0 Å². The fraction of sp³-hybridized carbons (Fsp3) is 0.286. The van der Waals surface area contributed by atoms with Crippen molar-refractivity contribution in [3.05, 3.63) is 94.2 Å². The number of carbonyl (C=O) groups excluding carboxylic acids is 2. The third-order valence-corrected chi connectivity index (χ3v) is 8.52. The molecule has 3 aromatic rings. The van der Waals surface area contributed by atoms with Crippen LogP contribution in [0.25, 0.3) is 0 Å². The first-order chi connectivity index (χ1) is 18.4. The minimum absolute atomic E-state index is 0.0945. The highest BCUT2D eigenvalue weighted by Crippen LogP contribution is 2.27. The first kappa shape index (κ1) is 30.4. The highest BCUT2D eigenvalue weighted by atomic mass is 35.5. The van der Waals surface area contributed by atoms with Gasteiger partial charge in [-0.2, -0.15) is 0 Å². The molecule has 11 heteroatoms. The number of amides is 2. The predicted molar refractivity (Wildman–Crippen MR) is 152 cm³/mol. The number of nitrogens with one attached hydrogen (secondary N) is 1. The minimum atomic E-state index is -4.27. The van der Waals surface area contributed by atoms with Gasteiger partial charge in [0, 0.05) is 28.2 Å². The molecule has 0 aliphatic rings. The summed E-state index contributed by atoms with van der Waals surface area (Å²) in [7, 11) is -4.27. The highest BCUT2D eigenvalue weighted by Gasteiger charge is 2.33. The summed E-state index contributed by atoms with van der Waals surface area (Å²) in [5.41, 5.74) is 0.331. The molecule has 0 aromatic heterocycles. The molecule has 2 amide bonds. The third-order valence-electron chi connectivity index (χ3n) is 6.24. The van der Waals surface area contributed by atoms with Crippen molar-refractivity contribution in [1.82, 2.24) is 10.2 Å². The van der Waals surface area contributed by atoms with E-state index in [1.54, 1.807) is 18.2 Å². The van der Waals surface area contributed by atoms with Crippen LogP contribution in [0.3, 0.4) is 0 Å². The molecule has 2 atom stereocenters. The number of hydrogen-bond acceptors (Lipinski definition) is 4. The van der Waals surface area contributed by atoms with E-state index in [0.717, 1.165) is 4.31 Å². The Labute approximate surface area is 238 Å². The van der Waals surface area contributed by atoms with Gasteiger partial charge in [0.15, 0.2) is 0 Å². The Balaban J connectivity index is 2.04. The monoisotopic (exact) mass is 593 g/mol. The van der Waals surface area contributed by atoms with Crippen molar-refractivity contribution >= 4 is 50.7 Å². The van der Waals surface area contributed by atoms with Crippen molar-refractivity contribution in [2.75, 3.05) is 10.8 Å². The SMILES string of the molecule is CCC(C)NC(=O)C(C)N(Cc1ccccc1F)C(=O)CN(c1cccc(Cl)c1)S(=O)(=O)c1ccc(Cl)cc1. The number of benzene rings is 3. The molecule has 3 rings (SSSR count). The molecule has 3 aromatic carbocycles. The Bertz CT molecular complexity index is 1420. The Morgan fingerprint density at radius 2 is 1.62 bits per heavy atom. The summed E-state index contributed by atoms with van der Waals surface area (Å²) in [5.74, 6) is -1.70. The van der Waals surface area contributed by atoms with Crippen LogP contribution in [0.4, 0.5) is 10.1 Å². The first-order valence-corrected chi connectivity index (χ1v) is 14.5. The maximum absolute atomic E-state index is 14.6. The van der Waals surface area contributed by atoms with Gasteiger partial charge in [-0.25, -0.2) is 12.8 Å². The van der Waals surface area contributed by atoms with Gasteiger partial charge in [-0.3, -0.25) is 13.9 Å².